The molecule has 1 unspecified atom stereocenters. The fourth-order valence-corrected chi connectivity index (χ4v) is 0.920. The molecular formula is C9H19N3O2. The summed E-state index contributed by atoms with van der Waals surface area (Å²) in [6, 6.07) is -0.619. The highest BCUT2D eigenvalue weighted by molar-refractivity contribution is 5.87. The number of primary amides is 1. The van der Waals surface area contributed by atoms with E-state index in [0.29, 0.717) is 0 Å². The van der Waals surface area contributed by atoms with E-state index >= 15 is 0 Å². The van der Waals surface area contributed by atoms with E-state index in [1.165, 1.54) is 11.9 Å². The number of rotatable bonds is 3. The maximum Gasteiger partial charge on any atom is 0.240 e. The Labute approximate surface area is 84.4 Å². The number of hydrogen-bond donors (Lipinski definition) is 2. The maximum absolute atomic E-state index is 11.6. The summed E-state index contributed by atoms with van der Waals surface area (Å²) < 4.78 is 0. The summed E-state index contributed by atoms with van der Waals surface area (Å²) in [5, 5.41) is 0. The van der Waals surface area contributed by atoms with Crippen molar-refractivity contribution >= 4 is 11.8 Å². The van der Waals surface area contributed by atoms with Crippen LogP contribution in [0.4, 0.5) is 0 Å². The van der Waals surface area contributed by atoms with E-state index in [9.17, 15) is 9.59 Å². The molecule has 0 bridgehead atoms. The highest BCUT2D eigenvalue weighted by atomic mass is 16.2. The third-order valence-corrected chi connectivity index (χ3v) is 1.97. The van der Waals surface area contributed by atoms with Crippen LogP contribution in [0.5, 0.6) is 0 Å². The second-order valence-electron chi connectivity index (χ2n) is 4.50. The van der Waals surface area contributed by atoms with Gasteiger partial charge in [0.1, 0.15) is 0 Å². The molecule has 0 aliphatic heterocycles. The summed E-state index contributed by atoms with van der Waals surface area (Å²) in [4.78, 5) is 23.4. The predicted octanol–water partition coefficient (Wildman–Crippen LogP) is -0.696. The van der Waals surface area contributed by atoms with Gasteiger partial charge in [-0.2, -0.15) is 0 Å². The van der Waals surface area contributed by atoms with Crippen molar-refractivity contribution in [3.05, 3.63) is 0 Å². The van der Waals surface area contributed by atoms with Crippen LogP contribution in [0.3, 0.4) is 0 Å². The summed E-state index contributed by atoms with van der Waals surface area (Å²) in [7, 11) is 1.51. The molecule has 0 aromatic heterocycles. The number of carbonyl (C=O) groups excluding carboxylic acids is 2. The summed E-state index contributed by atoms with van der Waals surface area (Å²) in [6.07, 6.45) is 0. The molecular weight excluding hydrogens is 182 g/mol. The first-order valence-electron chi connectivity index (χ1n) is 4.45. The van der Waals surface area contributed by atoms with Gasteiger partial charge >= 0.3 is 0 Å². The highest BCUT2D eigenvalue weighted by Gasteiger charge is 2.29. The van der Waals surface area contributed by atoms with Crippen molar-refractivity contribution in [1.29, 1.82) is 0 Å². The lowest BCUT2D eigenvalue weighted by atomic mass is 9.86. The third kappa shape index (κ3) is 3.74. The van der Waals surface area contributed by atoms with Crippen LogP contribution in [-0.2, 0) is 9.59 Å². The molecule has 0 fully saturated rings. The van der Waals surface area contributed by atoms with Crippen LogP contribution >= 0.6 is 0 Å². The Morgan fingerprint density at radius 2 is 1.79 bits per heavy atom. The van der Waals surface area contributed by atoms with Crippen molar-refractivity contribution < 1.29 is 9.59 Å². The van der Waals surface area contributed by atoms with Crippen molar-refractivity contribution in [3.8, 4) is 0 Å². The Morgan fingerprint density at radius 1 is 1.36 bits per heavy atom. The molecule has 2 amide bonds. The van der Waals surface area contributed by atoms with Gasteiger partial charge in [-0.1, -0.05) is 20.8 Å². The van der Waals surface area contributed by atoms with E-state index in [1.54, 1.807) is 0 Å². The fourth-order valence-electron chi connectivity index (χ4n) is 0.920. The Morgan fingerprint density at radius 3 is 2.07 bits per heavy atom. The summed E-state index contributed by atoms with van der Waals surface area (Å²) in [5.74, 6) is -0.807. The molecule has 82 valence electrons. The van der Waals surface area contributed by atoms with Crippen molar-refractivity contribution in [3.63, 3.8) is 0 Å². The number of likely N-dealkylation sites (N-methyl/N-ethyl adjacent to an activating group) is 1. The molecule has 0 rings (SSSR count). The van der Waals surface area contributed by atoms with Crippen LogP contribution in [0, 0.1) is 5.41 Å². The van der Waals surface area contributed by atoms with Gasteiger partial charge in [-0.15, -0.1) is 0 Å². The van der Waals surface area contributed by atoms with Gasteiger partial charge < -0.3 is 16.4 Å². The van der Waals surface area contributed by atoms with Crippen molar-refractivity contribution in [1.82, 2.24) is 4.90 Å². The third-order valence-electron chi connectivity index (χ3n) is 1.97. The quantitative estimate of drug-likeness (QED) is 0.633. The molecule has 5 heteroatoms. The lowest BCUT2D eigenvalue weighted by Crippen LogP contribution is -2.50. The molecule has 0 spiro atoms. The Bertz CT molecular complexity index is 233. The number of nitrogens with zero attached hydrogens (tertiary/aromatic N) is 1. The van der Waals surface area contributed by atoms with Crippen LogP contribution in [0.2, 0.25) is 0 Å². The van der Waals surface area contributed by atoms with Crippen molar-refractivity contribution in [2.45, 2.75) is 26.8 Å². The van der Waals surface area contributed by atoms with Crippen LogP contribution < -0.4 is 11.5 Å². The molecule has 0 aromatic rings. The van der Waals surface area contributed by atoms with Gasteiger partial charge in [-0.3, -0.25) is 9.59 Å². The van der Waals surface area contributed by atoms with Gasteiger partial charge in [0.2, 0.25) is 11.8 Å². The monoisotopic (exact) mass is 201 g/mol. The molecule has 0 aromatic carbocycles. The van der Waals surface area contributed by atoms with E-state index in [1.807, 2.05) is 20.8 Å². The number of hydrogen-bond acceptors (Lipinski definition) is 3. The van der Waals surface area contributed by atoms with Crippen LogP contribution in [-0.4, -0.2) is 36.3 Å². The van der Waals surface area contributed by atoms with Crippen molar-refractivity contribution in [2.24, 2.45) is 16.9 Å². The number of nitrogens with two attached hydrogens (primary N) is 2. The van der Waals surface area contributed by atoms with E-state index in [-0.39, 0.29) is 17.9 Å². The van der Waals surface area contributed by atoms with Gasteiger partial charge in [0.15, 0.2) is 0 Å². The zero-order valence-electron chi connectivity index (χ0n) is 9.20. The minimum absolute atomic E-state index is 0.0946. The second-order valence-corrected chi connectivity index (χ2v) is 4.50. The number of carbonyl (C=O) groups is 2. The van der Waals surface area contributed by atoms with Crippen molar-refractivity contribution in [2.75, 3.05) is 13.6 Å². The summed E-state index contributed by atoms with van der Waals surface area (Å²) >= 11 is 0. The molecule has 0 saturated carbocycles. The molecule has 0 aliphatic rings. The van der Waals surface area contributed by atoms with E-state index < -0.39 is 11.9 Å². The zero-order valence-corrected chi connectivity index (χ0v) is 9.20. The highest BCUT2D eigenvalue weighted by Crippen LogP contribution is 2.18. The smallest absolute Gasteiger partial charge is 0.240 e. The molecule has 1 atom stereocenters. The van der Waals surface area contributed by atoms with Crippen LogP contribution in [0.15, 0.2) is 0 Å². The molecule has 5 nitrogen and oxygen atoms in total. The Hall–Kier alpha value is -1.10. The number of amides is 2. The maximum atomic E-state index is 11.6. The van der Waals surface area contributed by atoms with Gasteiger partial charge in [0, 0.05) is 7.05 Å². The molecule has 0 radical (unpaired) electrons. The van der Waals surface area contributed by atoms with Gasteiger partial charge in [0.05, 0.1) is 12.6 Å². The molecule has 0 aliphatic carbocycles. The first-order valence-corrected chi connectivity index (χ1v) is 4.45. The minimum Gasteiger partial charge on any atom is -0.368 e. The lowest BCUT2D eigenvalue weighted by molar-refractivity contribution is -0.136. The summed E-state index contributed by atoms with van der Waals surface area (Å²) in [6.45, 7) is 5.51. The Balaban J connectivity index is 4.40. The SMILES string of the molecule is CN(CC(N)=O)C(=O)C(N)C(C)(C)C. The summed E-state index contributed by atoms with van der Waals surface area (Å²) in [5.41, 5.74) is 10.4. The van der Waals surface area contributed by atoms with E-state index in [0.717, 1.165) is 0 Å². The second kappa shape index (κ2) is 4.41. The minimum atomic E-state index is -0.619. The Kier molecular flexibility index (Phi) is 4.07. The first-order chi connectivity index (χ1) is 6.16. The van der Waals surface area contributed by atoms with Crippen LogP contribution in [0.25, 0.3) is 0 Å². The predicted molar refractivity (Wildman–Crippen MR) is 54.3 cm³/mol. The average Bonchev–Trinajstić information content (AvgIpc) is 1.98. The molecule has 0 saturated heterocycles. The van der Waals surface area contributed by atoms with Gasteiger partial charge in [-0.25, -0.2) is 0 Å². The van der Waals surface area contributed by atoms with E-state index in [2.05, 4.69) is 0 Å². The normalized spacial score (nSPS) is 13.5. The van der Waals surface area contributed by atoms with Gasteiger partial charge in [0.25, 0.3) is 0 Å². The molecule has 14 heavy (non-hydrogen) atoms. The molecule has 0 heterocycles. The lowest BCUT2D eigenvalue weighted by Gasteiger charge is -2.29. The zero-order chi connectivity index (χ0) is 11.5. The van der Waals surface area contributed by atoms with E-state index in [4.69, 9.17) is 11.5 Å². The average molecular weight is 201 g/mol. The van der Waals surface area contributed by atoms with Crippen LogP contribution in [0.1, 0.15) is 20.8 Å². The first kappa shape index (κ1) is 12.9. The molecule has 4 N–H and O–H groups in total. The standard InChI is InChI=1S/C9H19N3O2/c1-9(2,3)7(11)8(14)12(4)5-6(10)13/h7H,5,11H2,1-4H3,(H2,10,13). The fraction of sp³-hybridized carbons (Fsp3) is 0.778. The largest absolute Gasteiger partial charge is 0.368 e. The van der Waals surface area contributed by atoms with Gasteiger partial charge in [-0.05, 0) is 5.41 Å². The topological polar surface area (TPSA) is 89.4 Å².